The molecule has 0 saturated heterocycles. The first-order valence-corrected chi connectivity index (χ1v) is 9.13. The lowest BCUT2D eigenvalue weighted by atomic mass is 10.1. The van der Waals surface area contributed by atoms with Crippen LogP contribution >= 0.6 is 11.8 Å². The van der Waals surface area contributed by atoms with Crippen LogP contribution in [0.4, 0.5) is 0 Å². The van der Waals surface area contributed by atoms with Crippen molar-refractivity contribution < 1.29 is 19.0 Å². The maximum Gasteiger partial charge on any atom is 0.283 e. The maximum absolute atomic E-state index is 12.5. The highest BCUT2D eigenvalue weighted by molar-refractivity contribution is 8.26. The number of nitrogens with one attached hydrogen (secondary N) is 1. The molecule has 0 fully saturated rings. The number of methoxy groups -OCH3 is 3. The molecule has 1 aromatic carbocycles. The van der Waals surface area contributed by atoms with E-state index in [1.807, 2.05) is 6.92 Å². The molecule has 0 radical (unpaired) electrons. The number of amides is 1. The fourth-order valence-electron chi connectivity index (χ4n) is 2.74. The van der Waals surface area contributed by atoms with Crippen LogP contribution in [-0.4, -0.2) is 48.3 Å². The Bertz CT molecular complexity index is 892. The van der Waals surface area contributed by atoms with Crippen LogP contribution in [-0.2, 0) is 4.79 Å². The van der Waals surface area contributed by atoms with Gasteiger partial charge in [0.05, 0.1) is 26.9 Å². The quantitative estimate of drug-likeness (QED) is 0.752. The van der Waals surface area contributed by atoms with Crippen molar-refractivity contribution in [1.82, 2.24) is 5.01 Å². The minimum Gasteiger partial charge on any atom is -0.493 e. The van der Waals surface area contributed by atoms with Crippen LogP contribution in [0.15, 0.2) is 27.8 Å². The van der Waals surface area contributed by atoms with Gasteiger partial charge < -0.3 is 14.2 Å². The van der Waals surface area contributed by atoms with Crippen LogP contribution in [0.25, 0.3) is 6.08 Å². The number of nitrogens with zero attached hydrogens (tertiary/aromatic N) is 3. The number of rotatable bonds is 6. The van der Waals surface area contributed by atoms with Crippen molar-refractivity contribution in [2.24, 2.45) is 10.1 Å². The lowest BCUT2D eigenvalue weighted by molar-refractivity contribution is -0.114. The Morgan fingerprint density at radius 2 is 1.93 bits per heavy atom. The summed E-state index contributed by atoms with van der Waals surface area (Å²) in [6.45, 7) is 2.05. The maximum atomic E-state index is 12.5. The van der Waals surface area contributed by atoms with Crippen molar-refractivity contribution >= 4 is 39.8 Å². The van der Waals surface area contributed by atoms with E-state index >= 15 is 0 Å². The van der Waals surface area contributed by atoms with Gasteiger partial charge in [-0.3, -0.25) is 10.2 Å². The number of carbonyl (C=O) groups excluding carboxylic acids is 1. The first kappa shape index (κ1) is 19.0. The minimum atomic E-state index is -0.483. The molecule has 1 aromatic rings. The second-order valence-electron chi connectivity index (χ2n) is 5.69. The number of hydrazone groups is 1. The Morgan fingerprint density at radius 1 is 1.19 bits per heavy atom. The summed E-state index contributed by atoms with van der Waals surface area (Å²) >= 11 is 1.33. The number of hydrogen-bond donors (Lipinski definition) is 1. The van der Waals surface area contributed by atoms with Gasteiger partial charge in [0.1, 0.15) is 5.04 Å². The predicted molar refractivity (Wildman–Crippen MR) is 106 cm³/mol. The van der Waals surface area contributed by atoms with Crippen LogP contribution in [0.2, 0.25) is 0 Å². The zero-order valence-electron chi connectivity index (χ0n) is 15.5. The number of hydrogen-bond acceptors (Lipinski definition) is 7. The van der Waals surface area contributed by atoms with Crippen LogP contribution in [0.1, 0.15) is 25.3 Å². The number of aliphatic imine (C=N–C) groups is 1. The van der Waals surface area contributed by atoms with E-state index in [1.165, 1.54) is 38.1 Å². The molecule has 8 nitrogen and oxygen atoms in total. The second kappa shape index (κ2) is 7.83. The molecule has 0 aliphatic carbocycles. The van der Waals surface area contributed by atoms with E-state index < -0.39 is 5.91 Å². The molecule has 142 valence electrons. The van der Waals surface area contributed by atoms with E-state index in [0.29, 0.717) is 28.0 Å². The fraction of sp³-hybridized carbons (Fsp3) is 0.333. The van der Waals surface area contributed by atoms with Crippen molar-refractivity contribution in [2.75, 3.05) is 21.3 Å². The van der Waals surface area contributed by atoms with Gasteiger partial charge in [-0.2, -0.15) is 15.1 Å². The summed E-state index contributed by atoms with van der Waals surface area (Å²) in [5.41, 5.74) is 0.706. The van der Waals surface area contributed by atoms with Gasteiger partial charge in [-0.15, -0.1) is 0 Å². The molecule has 0 unspecified atom stereocenters. The minimum absolute atomic E-state index is 0.0135. The van der Waals surface area contributed by atoms with Crippen molar-refractivity contribution in [1.29, 1.82) is 5.41 Å². The second-order valence-corrected chi connectivity index (χ2v) is 6.73. The van der Waals surface area contributed by atoms with Crippen molar-refractivity contribution in [3.63, 3.8) is 0 Å². The molecular weight excluding hydrogens is 368 g/mol. The van der Waals surface area contributed by atoms with Gasteiger partial charge in [-0.1, -0.05) is 6.92 Å². The molecule has 3 rings (SSSR count). The van der Waals surface area contributed by atoms with Gasteiger partial charge in [0.15, 0.2) is 17.3 Å². The first-order valence-electron chi connectivity index (χ1n) is 8.32. The normalized spacial score (nSPS) is 17.6. The smallest absolute Gasteiger partial charge is 0.283 e. The molecule has 2 aliphatic heterocycles. The van der Waals surface area contributed by atoms with Gasteiger partial charge in [0.25, 0.3) is 5.91 Å². The summed E-state index contributed by atoms with van der Waals surface area (Å²) in [7, 11) is 4.54. The summed E-state index contributed by atoms with van der Waals surface area (Å²) < 4.78 is 16.1. The molecule has 2 heterocycles. The van der Waals surface area contributed by atoms with E-state index in [9.17, 15) is 4.79 Å². The van der Waals surface area contributed by atoms with Crippen LogP contribution in [0.5, 0.6) is 17.2 Å². The summed E-state index contributed by atoms with van der Waals surface area (Å²) in [5, 5.41) is 15.5. The monoisotopic (exact) mass is 388 g/mol. The first-order chi connectivity index (χ1) is 13.0. The SMILES string of the molecule is CCCC1=NN2C(=N)/C(=C/c3ccc(OC)c(OC)c3OC)C(=O)N=C2S1. The topological polar surface area (TPSA) is 96.6 Å². The number of carbonyl (C=O) groups is 1. The molecule has 0 spiro atoms. The Kier molecular flexibility index (Phi) is 5.50. The third kappa shape index (κ3) is 3.42. The van der Waals surface area contributed by atoms with Crippen molar-refractivity contribution in [3.05, 3.63) is 23.3 Å². The van der Waals surface area contributed by atoms with Crippen LogP contribution < -0.4 is 14.2 Å². The number of benzene rings is 1. The zero-order valence-corrected chi connectivity index (χ0v) is 16.3. The number of amidine groups is 2. The molecular formula is C18H20N4O4S. The Balaban J connectivity index is 2.03. The zero-order chi connectivity index (χ0) is 19.6. The largest absolute Gasteiger partial charge is 0.493 e. The average molecular weight is 388 g/mol. The van der Waals surface area contributed by atoms with Gasteiger partial charge in [-0.25, -0.2) is 0 Å². The summed E-state index contributed by atoms with van der Waals surface area (Å²) in [6, 6.07) is 3.44. The standard InChI is InChI=1S/C18H20N4O4S/c1-5-6-13-21-22-16(19)11(17(23)20-18(22)27-13)9-10-7-8-12(24-2)15(26-4)14(10)25-3/h7-9,19H,5-6H2,1-4H3/b11-9-,19-16?. The molecule has 0 saturated carbocycles. The van der Waals surface area contributed by atoms with Crippen molar-refractivity contribution in [2.45, 2.75) is 19.8 Å². The van der Waals surface area contributed by atoms with Crippen LogP contribution in [0, 0.1) is 5.41 Å². The number of fused-ring (bicyclic) bond motifs is 1. The van der Waals surface area contributed by atoms with E-state index in [0.717, 1.165) is 17.9 Å². The van der Waals surface area contributed by atoms with Gasteiger partial charge in [0, 0.05) is 5.56 Å². The summed E-state index contributed by atoms with van der Waals surface area (Å²) in [4.78, 5) is 16.6. The van der Waals surface area contributed by atoms with Gasteiger partial charge in [0.2, 0.25) is 10.9 Å². The van der Waals surface area contributed by atoms with E-state index in [1.54, 1.807) is 18.2 Å². The molecule has 0 bridgehead atoms. The number of ether oxygens (including phenoxy) is 3. The van der Waals surface area contributed by atoms with E-state index in [4.69, 9.17) is 19.6 Å². The highest BCUT2D eigenvalue weighted by Gasteiger charge is 2.35. The van der Waals surface area contributed by atoms with Crippen molar-refractivity contribution in [3.8, 4) is 17.2 Å². The lowest BCUT2D eigenvalue weighted by Gasteiger charge is -2.21. The molecule has 2 aliphatic rings. The Labute approximate surface area is 161 Å². The molecule has 0 atom stereocenters. The Hall–Kier alpha value is -2.81. The van der Waals surface area contributed by atoms with E-state index in [-0.39, 0.29) is 11.4 Å². The molecule has 0 aromatic heterocycles. The highest BCUT2D eigenvalue weighted by Crippen LogP contribution is 2.41. The summed E-state index contributed by atoms with van der Waals surface area (Å²) in [6.07, 6.45) is 3.27. The third-order valence-electron chi connectivity index (χ3n) is 3.99. The Morgan fingerprint density at radius 3 is 2.56 bits per heavy atom. The van der Waals surface area contributed by atoms with E-state index in [2.05, 4.69) is 10.1 Å². The lowest BCUT2D eigenvalue weighted by Crippen LogP contribution is -2.35. The highest BCUT2D eigenvalue weighted by atomic mass is 32.2. The third-order valence-corrected chi connectivity index (χ3v) is 4.96. The fourth-order valence-corrected chi connectivity index (χ4v) is 3.73. The average Bonchev–Trinajstić information content (AvgIpc) is 3.07. The number of thioether (sulfide) groups is 1. The predicted octanol–water partition coefficient (Wildman–Crippen LogP) is 3.13. The molecule has 1 N–H and O–H groups in total. The molecule has 9 heteroatoms. The van der Waals surface area contributed by atoms with Crippen LogP contribution in [0.3, 0.4) is 0 Å². The molecule has 27 heavy (non-hydrogen) atoms. The van der Waals surface area contributed by atoms with Gasteiger partial charge >= 0.3 is 0 Å². The summed E-state index contributed by atoms with van der Waals surface area (Å²) in [5.74, 6) is 0.828. The molecule has 1 amide bonds. The van der Waals surface area contributed by atoms with Gasteiger partial charge in [-0.05, 0) is 42.8 Å².